The second-order valence-corrected chi connectivity index (χ2v) is 5.85. The zero-order chi connectivity index (χ0) is 19.2. The molecule has 0 saturated heterocycles. The van der Waals surface area contributed by atoms with Crippen molar-refractivity contribution in [2.24, 2.45) is 0 Å². The topological polar surface area (TPSA) is 77.8 Å². The number of esters is 1. The standard InChI is InChI=1S/C21H19NO5/c1-14-11-12-26-18(14)21(24)27-19(15-7-4-3-5-8-15)20(23)22-16-9-6-10-17(13-16)25-2/h3-13,19H,1-2H3,(H,22,23). The molecule has 2 aromatic carbocycles. The molecule has 0 bridgehead atoms. The van der Waals surface area contributed by atoms with Crippen LogP contribution in [0.15, 0.2) is 71.3 Å². The normalized spacial score (nSPS) is 11.5. The van der Waals surface area contributed by atoms with Crippen LogP contribution in [0.3, 0.4) is 0 Å². The summed E-state index contributed by atoms with van der Waals surface area (Å²) in [6.07, 6.45) is 0.272. The van der Waals surface area contributed by atoms with E-state index in [2.05, 4.69) is 5.32 Å². The number of furan rings is 1. The zero-order valence-electron chi connectivity index (χ0n) is 15.0. The van der Waals surface area contributed by atoms with Crippen molar-refractivity contribution in [2.45, 2.75) is 13.0 Å². The van der Waals surface area contributed by atoms with Crippen LogP contribution in [0.2, 0.25) is 0 Å². The largest absolute Gasteiger partial charge is 0.497 e. The highest BCUT2D eigenvalue weighted by Gasteiger charge is 2.27. The Morgan fingerprint density at radius 2 is 1.81 bits per heavy atom. The van der Waals surface area contributed by atoms with Crippen LogP contribution in [-0.4, -0.2) is 19.0 Å². The van der Waals surface area contributed by atoms with E-state index in [9.17, 15) is 9.59 Å². The zero-order valence-corrected chi connectivity index (χ0v) is 15.0. The Balaban J connectivity index is 1.84. The quantitative estimate of drug-likeness (QED) is 0.665. The number of amides is 1. The van der Waals surface area contributed by atoms with Gasteiger partial charge in [-0.05, 0) is 25.1 Å². The van der Waals surface area contributed by atoms with Crippen molar-refractivity contribution in [1.82, 2.24) is 0 Å². The Labute approximate surface area is 156 Å². The molecule has 1 unspecified atom stereocenters. The first-order chi connectivity index (χ1) is 13.1. The Kier molecular flexibility index (Phi) is 5.56. The average Bonchev–Trinajstić information content (AvgIpc) is 3.12. The average molecular weight is 365 g/mol. The molecule has 6 heteroatoms. The summed E-state index contributed by atoms with van der Waals surface area (Å²) in [5, 5.41) is 2.75. The van der Waals surface area contributed by atoms with Crippen LogP contribution in [0.5, 0.6) is 5.75 Å². The molecule has 3 aromatic rings. The lowest BCUT2D eigenvalue weighted by Gasteiger charge is -2.18. The number of carbonyl (C=O) groups is 2. The molecule has 0 spiro atoms. The molecule has 3 rings (SSSR count). The molecule has 1 heterocycles. The molecular weight excluding hydrogens is 346 g/mol. The number of methoxy groups -OCH3 is 1. The SMILES string of the molecule is COc1cccc(NC(=O)C(OC(=O)c2occc2C)c2ccccc2)c1. The molecular formula is C21H19NO5. The number of aryl methyl sites for hydroxylation is 1. The molecule has 0 aliphatic carbocycles. The van der Waals surface area contributed by atoms with Crippen LogP contribution in [0.25, 0.3) is 0 Å². The number of nitrogens with one attached hydrogen (secondary N) is 1. The van der Waals surface area contributed by atoms with Gasteiger partial charge in [0.1, 0.15) is 5.75 Å². The minimum atomic E-state index is -1.13. The maximum Gasteiger partial charge on any atom is 0.375 e. The van der Waals surface area contributed by atoms with Gasteiger partial charge in [0.15, 0.2) is 0 Å². The molecule has 138 valence electrons. The van der Waals surface area contributed by atoms with Crippen LogP contribution in [0.1, 0.15) is 27.8 Å². The summed E-state index contributed by atoms with van der Waals surface area (Å²) in [4.78, 5) is 25.3. The fourth-order valence-corrected chi connectivity index (χ4v) is 2.55. The predicted molar refractivity (Wildman–Crippen MR) is 99.7 cm³/mol. The number of ether oxygens (including phenoxy) is 2. The van der Waals surface area contributed by atoms with E-state index in [0.717, 1.165) is 0 Å². The van der Waals surface area contributed by atoms with Gasteiger partial charge in [0.05, 0.1) is 13.4 Å². The van der Waals surface area contributed by atoms with Crippen molar-refractivity contribution < 1.29 is 23.5 Å². The van der Waals surface area contributed by atoms with Gasteiger partial charge in [-0.25, -0.2) is 4.79 Å². The number of hydrogen-bond acceptors (Lipinski definition) is 5. The van der Waals surface area contributed by atoms with Crippen molar-refractivity contribution in [2.75, 3.05) is 12.4 Å². The minimum absolute atomic E-state index is 0.0742. The fourth-order valence-electron chi connectivity index (χ4n) is 2.55. The van der Waals surface area contributed by atoms with Crippen LogP contribution >= 0.6 is 0 Å². The van der Waals surface area contributed by atoms with E-state index in [1.54, 1.807) is 68.6 Å². The first-order valence-electron chi connectivity index (χ1n) is 8.33. The summed E-state index contributed by atoms with van der Waals surface area (Å²) >= 11 is 0. The summed E-state index contributed by atoms with van der Waals surface area (Å²) < 4.78 is 15.8. The molecule has 0 saturated carbocycles. The van der Waals surface area contributed by atoms with Gasteiger partial charge in [0, 0.05) is 22.9 Å². The second-order valence-electron chi connectivity index (χ2n) is 5.85. The van der Waals surface area contributed by atoms with Gasteiger partial charge >= 0.3 is 5.97 Å². The molecule has 6 nitrogen and oxygen atoms in total. The Morgan fingerprint density at radius 3 is 2.48 bits per heavy atom. The summed E-state index contributed by atoms with van der Waals surface area (Å²) in [5.41, 5.74) is 1.72. The third-order valence-electron chi connectivity index (χ3n) is 3.95. The molecule has 0 aliphatic rings. The maximum atomic E-state index is 12.8. The lowest BCUT2D eigenvalue weighted by Crippen LogP contribution is -2.26. The summed E-state index contributed by atoms with van der Waals surface area (Å²) in [7, 11) is 1.54. The van der Waals surface area contributed by atoms with Crippen LogP contribution in [0, 0.1) is 6.92 Å². The number of benzene rings is 2. The van der Waals surface area contributed by atoms with Crippen LogP contribution < -0.4 is 10.1 Å². The molecule has 1 amide bonds. The van der Waals surface area contributed by atoms with Gasteiger partial charge in [-0.15, -0.1) is 0 Å². The molecule has 27 heavy (non-hydrogen) atoms. The van der Waals surface area contributed by atoms with Gasteiger partial charge in [0.2, 0.25) is 11.9 Å². The van der Waals surface area contributed by atoms with Crippen molar-refractivity contribution in [3.63, 3.8) is 0 Å². The Morgan fingerprint density at radius 1 is 1.04 bits per heavy atom. The van der Waals surface area contributed by atoms with E-state index in [1.807, 2.05) is 6.07 Å². The highest BCUT2D eigenvalue weighted by molar-refractivity contribution is 5.97. The van der Waals surface area contributed by atoms with Gasteiger partial charge < -0.3 is 19.2 Å². The Bertz CT molecular complexity index is 933. The minimum Gasteiger partial charge on any atom is -0.497 e. The van der Waals surface area contributed by atoms with Gasteiger partial charge in [0.25, 0.3) is 5.91 Å². The molecule has 0 aliphatic heterocycles. The molecule has 1 aromatic heterocycles. The van der Waals surface area contributed by atoms with Gasteiger partial charge in [-0.3, -0.25) is 4.79 Å². The predicted octanol–water partition coefficient (Wildman–Crippen LogP) is 4.13. The number of hydrogen-bond donors (Lipinski definition) is 1. The lowest BCUT2D eigenvalue weighted by atomic mass is 10.1. The second kappa shape index (κ2) is 8.23. The van der Waals surface area contributed by atoms with E-state index < -0.39 is 18.0 Å². The first kappa shape index (κ1) is 18.3. The first-order valence-corrected chi connectivity index (χ1v) is 8.33. The van der Waals surface area contributed by atoms with E-state index in [-0.39, 0.29) is 5.76 Å². The third-order valence-corrected chi connectivity index (χ3v) is 3.95. The van der Waals surface area contributed by atoms with Crippen molar-refractivity contribution >= 4 is 17.6 Å². The third kappa shape index (κ3) is 4.36. The smallest absolute Gasteiger partial charge is 0.375 e. The monoisotopic (exact) mass is 365 g/mol. The molecule has 0 fully saturated rings. The molecule has 1 N–H and O–H groups in total. The maximum absolute atomic E-state index is 12.8. The fraction of sp³-hybridized carbons (Fsp3) is 0.143. The number of anilines is 1. The Hall–Kier alpha value is -3.54. The van der Waals surface area contributed by atoms with Crippen LogP contribution in [0.4, 0.5) is 5.69 Å². The van der Waals surface area contributed by atoms with Crippen LogP contribution in [-0.2, 0) is 9.53 Å². The number of carbonyl (C=O) groups excluding carboxylic acids is 2. The van der Waals surface area contributed by atoms with E-state index in [1.165, 1.54) is 6.26 Å². The molecule has 1 atom stereocenters. The van der Waals surface area contributed by atoms with E-state index >= 15 is 0 Å². The van der Waals surface area contributed by atoms with E-state index in [0.29, 0.717) is 22.6 Å². The summed E-state index contributed by atoms with van der Waals surface area (Å²) in [5.74, 6) is -0.503. The lowest BCUT2D eigenvalue weighted by molar-refractivity contribution is -0.125. The van der Waals surface area contributed by atoms with E-state index in [4.69, 9.17) is 13.9 Å². The highest BCUT2D eigenvalue weighted by Crippen LogP contribution is 2.24. The highest BCUT2D eigenvalue weighted by atomic mass is 16.6. The summed E-state index contributed by atoms with van der Waals surface area (Å²) in [6, 6.07) is 17.4. The van der Waals surface area contributed by atoms with Gasteiger partial charge in [-0.1, -0.05) is 36.4 Å². The number of rotatable bonds is 6. The van der Waals surface area contributed by atoms with Crippen molar-refractivity contribution in [1.29, 1.82) is 0 Å². The molecule has 0 radical (unpaired) electrons. The van der Waals surface area contributed by atoms with Crippen molar-refractivity contribution in [3.8, 4) is 5.75 Å². The van der Waals surface area contributed by atoms with Crippen molar-refractivity contribution in [3.05, 3.63) is 83.8 Å². The summed E-state index contributed by atoms with van der Waals surface area (Å²) in [6.45, 7) is 1.73. The van der Waals surface area contributed by atoms with Gasteiger partial charge in [-0.2, -0.15) is 0 Å².